The van der Waals surface area contributed by atoms with Gasteiger partial charge in [-0.3, -0.25) is 19.7 Å². The molecule has 0 radical (unpaired) electrons. The van der Waals surface area contributed by atoms with E-state index in [0.717, 1.165) is 18.2 Å². The first kappa shape index (κ1) is 28.7. The molecule has 2 aromatic rings. The summed E-state index contributed by atoms with van der Waals surface area (Å²) in [6.07, 6.45) is -1.22. The first-order valence-electron chi connectivity index (χ1n) is 10.8. The van der Waals surface area contributed by atoms with Crippen molar-refractivity contribution in [2.45, 2.75) is 23.4 Å². The molecule has 2 aromatic carbocycles. The molecule has 202 valence electrons. The van der Waals surface area contributed by atoms with Crippen molar-refractivity contribution in [2.75, 3.05) is 20.6 Å². The van der Waals surface area contributed by atoms with Crippen molar-refractivity contribution in [2.24, 2.45) is 0 Å². The third kappa shape index (κ3) is 6.54. The molecular formula is C23H22FN3O9S2. The van der Waals surface area contributed by atoms with E-state index in [1.54, 1.807) is 0 Å². The van der Waals surface area contributed by atoms with Gasteiger partial charge in [-0.1, -0.05) is 18.2 Å². The molecule has 38 heavy (non-hydrogen) atoms. The lowest BCUT2D eigenvalue weighted by molar-refractivity contribution is -0.147. The zero-order valence-electron chi connectivity index (χ0n) is 20.0. The van der Waals surface area contributed by atoms with Gasteiger partial charge in [0, 0.05) is 20.5 Å². The van der Waals surface area contributed by atoms with Crippen LogP contribution in [0.2, 0.25) is 0 Å². The summed E-state index contributed by atoms with van der Waals surface area (Å²) in [6, 6.07) is 5.12. The number of carbonyl (C=O) groups excluding carboxylic acids is 4. The molecular weight excluding hydrogens is 545 g/mol. The van der Waals surface area contributed by atoms with Crippen LogP contribution in [0.1, 0.15) is 5.56 Å². The Hall–Kier alpha value is -3.82. The second kappa shape index (κ2) is 11.7. The third-order valence-electron chi connectivity index (χ3n) is 5.21. The van der Waals surface area contributed by atoms with Gasteiger partial charge in [0.25, 0.3) is 15.9 Å². The Morgan fingerprint density at radius 3 is 2.37 bits per heavy atom. The van der Waals surface area contributed by atoms with Crippen molar-refractivity contribution in [3.8, 4) is 5.75 Å². The number of nitrogens with one attached hydrogen (secondary N) is 1. The minimum atomic E-state index is -5.01. The molecule has 0 spiro atoms. The molecule has 0 aliphatic carbocycles. The first-order valence-corrected chi connectivity index (χ1v) is 13.1. The predicted molar refractivity (Wildman–Crippen MR) is 131 cm³/mol. The molecule has 15 heteroatoms. The molecule has 0 bridgehead atoms. The lowest BCUT2D eigenvalue weighted by Gasteiger charge is -2.32. The van der Waals surface area contributed by atoms with Gasteiger partial charge >= 0.3 is 12.1 Å². The number of benzene rings is 2. The zero-order valence-corrected chi connectivity index (χ0v) is 21.6. The Balaban J connectivity index is 2.02. The minimum absolute atomic E-state index is 0.0238. The van der Waals surface area contributed by atoms with E-state index in [4.69, 9.17) is 4.74 Å². The van der Waals surface area contributed by atoms with Crippen LogP contribution in [0.15, 0.2) is 53.4 Å². The molecule has 1 aliphatic rings. The molecule has 2 atom stereocenters. The number of sulfonamides is 1. The number of carbonyl (C=O) groups is 5. The highest BCUT2D eigenvalue weighted by atomic mass is 32.2. The van der Waals surface area contributed by atoms with Crippen LogP contribution in [0.25, 0.3) is 0 Å². The fourth-order valence-electron chi connectivity index (χ4n) is 3.35. The molecule has 0 saturated carbocycles. The summed E-state index contributed by atoms with van der Waals surface area (Å²) < 4.78 is 46.0. The number of thioether (sulfide) groups is 1. The van der Waals surface area contributed by atoms with Gasteiger partial charge in [-0.15, -0.1) is 0 Å². The van der Waals surface area contributed by atoms with E-state index < -0.39 is 74.0 Å². The van der Waals surface area contributed by atoms with Gasteiger partial charge in [0.15, 0.2) is 6.04 Å². The summed E-state index contributed by atoms with van der Waals surface area (Å²) in [4.78, 5) is 61.9. The topological polar surface area (TPSA) is 167 Å². The maximum atomic E-state index is 13.9. The van der Waals surface area contributed by atoms with E-state index in [0.29, 0.717) is 6.07 Å². The van der Waals surface area contributed by atoms with Gasteiger partial charge in [-0.2, -0.15) is 0 Å². The number of rotatable bonds is 8. The summed E-state index contributed by atoms with van der Waals surface area (Å²) in [5.74, 6) is -4.00. The number of carboxylic acid groups (broad SMARTS) is 1. The number of amides is 2. The van der Waals surface area contributed by atoms with E-state index in [1.165, 1.54) is 43.3 Å². The van der Waals surface area contributed by atoms with Crippen molar-refractivity contribution in [1.82, 2.24) is 14.5 Å². The number of hydrogen-bond donors (Lipinski definition) is 2. The highest BCUT2D eigenvalue weighted by molar-refractivity contribution is 8.26. The largest absolute Gasteiger partial charge is 0.480 e. The summed E-state index contributed by atoms with van der Waals surface area (Å²) >= 11 is 0.201. The Morgan fingerprint density at radius 1 is 1.16 bits per heavy atom. The normalized spacial score (nSPS) is 16.4. The second-order valence-corrected chi connectivity index (χ2v) is 11.0. The first-order chi connectivity index (χ1) is 17.8. The maximum absolute atomic E-state index is 13.9. The van der Waals surface area contributed by atoms with E-state index in [2.05, 4.69) is 5.32 Å². The van der Waals surface area contributed by atoms with Crippen LogP contribution in [-0.4, -0.2) is 83.7 Å². The molecule has 1 aliphatic heterocycles. The summed E-state index contributed by atoms with van der Waals surface area (Å²) in [5, 5.41) is 10.7. The highest BCUT2D eigenvalue weighted by Gasteiger charge is 2.46. The third-order valence-corrected chi connectivity index (χ3v) is 7.82. The van der Waals surface area contributed by atoms with Crippen molar-refractivity contribution in [3.05, 3.63) is 59.9 Å². The van der Waals surface area contributed by atoms with Gasteiger partial charge in [0.1, 0.15) is 17.6 Å². The van der Waals surface area contributed by atoms with Crippen molar-refractivity contribution in [3.63, 3.8) is 0 Å². The van der Waals surface area contributed by atoms with Crippen molar-refractivity contribution in [1.29, 1.82) is 0 Å². The highest BCUT2D eigenvalue weighted by Crippen LogP contribution is 2.25. The lowest BCUT2D eigenvalue weighted by Crippen LogP contribution is -2.59. The van der Waals surface area contributed by atoms with Crippen LogP contribution in [-0.2, 0) is 35.6 Å². The van der Waals surface area contributed by atoms with Crippen LogP contribution < -0.4 is 10.1 Å². The number of carboxylic acids is 1. The Kier molecular flexibility index (Phi) is 8.85. The van der Waals surface area contributed by atoms with Gasteiger partial charge in [0.2, 0.25) is 10.2 Å². The molecule has 2 N–H and O–H groups in total. The fraction of sp³-hybridized carbons (Fsp3) is 0.261. The van der Waals surface area contributed by atoms with E-state index in [9.17, 15) is 41.9 Å². The van der Waals surface area contributed by atoms with E-state index >= 15 is 0 Å². The van der Waals surface area contributed by atoms with Gasteiger partial charge in [0.05, 0.1) is 11.4 Å². The minimum Gasteiger partial charge on any atom is -0.480 e. The van der Waals surface area contributed by atoms with Crippen LogP contribution in [0.4, 0.5) is 9.18 Å². The molecule has 12 nitrogen and oxygen atoms in total. The Morgan fingerprint density at radius 2 is 1.82 bits per heavy atom. The summed E-state index contributed by atoms with van der Waals surface area (Å²) in [7, 11) is -2.06. The van der Waals surface area contributed by atoms with Crippen molar-refractivity contribution >= 4 is 50.0 Å². The average Bonchev–Trinajstić information content (AvgIpc) is 2.84. The fourth-order valence-corrected chi connectivity index (χ4v) is 5.61. The quantitative estimate of drug-likeness (QED) is 0.434. The lowest BCUT2D eigenvalue weighted by atomic mass is 10.1. The second-order valence-electron chi connectivity index (χ2n) is 8.17. The molecule has 1 unspecified atom stereocenters. The Bertz CT molecular complexity index is 1380. The number of halogens is 1. The molecule has 3 rings (SSSR count). The molecule has 1 heterocycles. The zero-order chi connectivity index (χ0) is 28.2. The number of aliphatic carboxylic acids is 1. The standard InChI is InChI=1S/C23H22FN3O9S2/c1-26(2)23(33)36-15-8-6-13(7-9-15)10-17(21(30)31)27(20(29)19-22(32)37-18(28)12-25-19)38(34,35)16-5-3-4-14(24)11-16/h3-9,11,17,19,25H,10,12H2,1-2H3,(H,30,31)/t17-,19?/m0/s1. The average molecular weight is 568 g/mol. The SMILES string of the molecule is CN(C)C(=O)Oc1ccc(C[C@@H](C(=O)O)N(C(=O)C2NCC(=O)SC2=O)S(=O)(=O)c2cccc(F)c2)cc1. The molecule has 1 saturated heterocycles. The van der Waals surface area contributed by atoms with Crippen molar-refractivity contribution < 1.29 is 46.6 Å². The van der Waals surface area contributed by atoms with Crippen LogP contribution in [0.3, 0.4) is 0 Å². The maximum Gasteiger partial charge on any atom is 0.414 e. The number of ether oxygens (including phenoxy) is 1. The number of nitrogens with zero attached hydrogens (tertiary/aromatic N) is 2. The van der Waals surface area contributed by atoms with E-state index in [1.807, 2.05) is 0 Å². The molecule has 1 fully saturated rings. The van der Waals surface area contributed by atoms with Gasteiger partial charge < -0.3 is 14.7 Å². The van der Waals surface area contributed by atoms with Crippen LogP contribution in [0.5, 0.6) is 5.75 Å². The predicted octanol–water partition coefficient (Wildman–Crippen LogP) is 0.857. The smallest absolute Gasteiger partial charge is 0.414 e. The summed E-state index contributed by atoms with van der Waals surface area (Å²) in [5.41, 5.74) is 0.238. The molecule has 0 aromatic heterocycles. The summed E-state index contributed by atoms with van der Waals surface area (Å²) in [6.45, 7) is -0.439. The van der Waals surface area contributed by atoms with Gasteiger partial charge in [-0.05, 0) is 47.7 Å². The Labute approximate surface area is 220 Å². The molecule has 2 amide bonds. The van der Waals surface area contributed by atoms with Crippen LogP contribution >= 0.6 is 11.8 Å². The van der Waals surface area contributed by atoms with E-state index in [-0.39, 0.29) is 27.4 Å². The monoisotopic (exact) mass is 567 g/mol. The number of hydrogen-bond acceptors (Lipinski definition) is 10. The van der Waals surface area contributed by atoms with Crippen LogP contribution in [0, 0.1) is 5.82 Å². The van der Waals surface area contributed by atoms with Gasteiger partial charge in [-0.25, -0.2) is 26.7 Å².